The molecule has 5 heteroatoms. The standard InChI is InChI=1S/C14H22N2O3/c1-6-10-9(13(17)18)8-15-12(16-10)11(19-7-2)14(3,4)5/h8,11H,6-7H2,1-5H3,(H,17,18). The molecule has 0 aromatic carbocycles. The first-order valence-corrected chi connectivity index (χ1v) is 6.51. The summed E-state index contributed by atoms with van der Waals surface area (Å²) in [5.41, 5.74) is 0.563. The fraction of sp³-hybridized carbons (Fsp3) is 0.643. The van der Waals surface area contributed by atoms with Crippen LogP contribution in [0.4, 0.5) is 0 Å². The van der Waals surface area contributed by atoms with Crippen molar-refractivity contribution in [1.29, 1.82) is 0 Å². The molecule has 1 rings (SSSR count). The molecule has 5 nitrogen and oxygen atoms in total. The summed E-state index contributed by atoms with van der Waals surface area (Å²) in [6.45, 7) is 10.5. The average molecular weight is 266 g/mol. The van der Waals surface area contributed by atoms with E-state index in [1.807, 2.05) is 34.6 Å². The number of carbonyl (C=O) groups is 1. The maximum Gasteiger partial charge on any atom is 0.339 e. The lowest BCUT2D eigenvalue weighted by Crippen LogP contribution is -2.24. The van der Waals surface area contributed by atoms with Gasteiger partial charge in [0.05, 0.1) is 11.3 Å². The van der Waals surface area contributed by atoms with Crippen LogP contribution in [0.5, 0.6) is 0 Å². The van der Waals surface area contributed by atoms with Crippen molar-refractivity contribution in [3.63, 3.8) is 0 Å². The molecule has 19 heavy (non-hydrogen) atoms. The highest BCUT2D eigenvalue weighted by Gasteiger charge is 2.30. The second kappa shape index (κ2) is 6.10. The van der Waals surface area contributed by atoms with Crippen molar-refractivity contribution in [3.05, 3.63) is 23.3 Å². The second-order valence-corrected chi connectivity index (χ2v) is 5.45. The highest BCUT2D eigenvalue weighted by Crippen LogP contribution is 2.34. The summed E-state index contributed by atoms with van der Waals surface area (Å²) in [5, 5.41) is 9.08. The summed E-state index contributed by atoms with van der Waals surface area (Å²) < 4.78 is 5.72. The Kier molecular flexibility index (Phi) is 5.00. The number of carboxylic acid groups (broad SMARTS) is 1. The van der Waals surface area contributed by atoms with E-state index in [9.17, 15) is 4.79 Å². The zero-order valence-electron chi connectivity index (χ0n) is 12.2. The van der Waals surface area contributed by atoms with E-state index in [-0.39, 0.29) is 17.1 Å². The van der Waals surface area contributed by atoms with Gasteiger partial charge in [0.15, 0.2) is 5.82 Å². The van der Waals surface area contributed by atoms with E-state index >= 15 is 0 Å². The minimum absolute atomic E-state index is 0.147. The minimum atomic E-state index is -0.993. The number of nitrogens with zero attached hydrogens (tertiary/aromatic N) is 2. The molecule has 0 bridgehead atoms. The van der Waals surface area contributed by atoms with Crippen LogP contribution in [0.2, 0.25) is 0 Å². The average Bonchev–Trinajstić information content (AvgIpc) is 2.33. The van der Waals surface area contributed by atoms with Gasteiger partial charge >= 0.3 is 5.97 Å². The van der Waals surface area contributed by atoms with Crippen LogP contribution in [0, 0.1) is 5.41 Å². The number of hydrogen-bond donors (Lipinski definition) is 1. The molecule has 0 saturated heterocycles. The topological polar surface area (TPSA) is 72.3 Å². The van der Waals surface area contributed by atoms with Crippen molar-refractivity contribution in [2.75, 3.05) is 6.61 Å². The Morgan fingerprint density at radius 3 is 2.47 bits per heavy atom. The lowest BCUT2D eigenvalue weighted by molar-refractivity contribution is -0.0192. The number of carboxylic acids is 1. The molecular formula is C14H22N2O3. The predicted molar refractivity (Wildman–Crippen MR) is 72.2 cm³/mol. The van der Waals surface area contributed by atoms with E-state index < -0.39 is 5.97 Å². The summed E-state index contributed by atoms with van der Waals surface area (Å²) in [7, 11) is 0. The van der Waals surface area contributed by atoms with Crippen molar-refractivity contribution in [2.24, 2.45) is 5.41 Å². The van der Waals surface area contributed by atoms with Crippen LogP contribution in [0.25, 0.3) is 0 Å². The number of aromatic carboxylic acids is 1. The molecule has 106 valence electrons. The predicted octanol–water partition coefficient (Wildman–Crippen LogP) is 2.86. The summed E-state index contributed by atoms with van der Waals surface area (Å²) in [6.07, 6.45) is 1.69. The minimum Gasteiger partial charge on any atom is -0.478 e. The van der Waals surface area contributed by atoms with Crippen LogP contribution in [-0.4, -0.2) is 27.7 Å². The number of aromatic nitrogens is 2. The van der Waals surface area contributed by atoms with Crippen molar-refractivity contribution < 1.29 is 14.6 Å². The van der Waals surface area contributed by atoms with E-state index in [4.69, 9.17) is 9.84 Å². The van der Waals surface area contributed by atoms with E-state index in [2.05, 4.69) is 9.97 Å². The zero-order valence-corrected chi connectivity index (χ0v) is 12.2. The zero-order chi connectivity index (χ0) is 14.6. The van der Waals surface area contributed by atoms with Crippen LogP contribution in [0.3, 0.4) is 0 Å². The molecule has 0 amide bonds. The lowest BCUT2D eigenvalue weighted by atomic mass is 9.88. The molecule has 0 radical (unpaired) electrons. The molecule has 0 fully saturated rings. The largest absolute Gasteiger partial charge is 0.478 e. The lowest BCUT2D eigenvalue weighted by Gasteiger charge is -2.29. The van der Waals surface area contributed by atoms with Gasteiger partial charge in [0.2, 0.25) is 0 Å². The smallest absolute Gasteiger partial charge is 0.339 e. The summed E-state index contributed by atoms with van der Waals surface area (Å²) in [6, 6.07) is 0. The van der Waals surface area contributed by atoms with Crippen LogP contribution in [0.15, 0.2) is 6.20 Å². The maximum atomic E-state index is 11.1. The molecule has 1 atom stereocenters. The molecule has 1 aromatic heterocycles. The van der Waals surface area contributed by atoms with E-state index in [1.165, 1.54) is 6.20 Å². The van der Waals surface area contributed by atoms with Gasteiger partial charge in [0.1, 0.15) is 6.10 Å². The maximum absolute atomic E-state index is 11.1. The molecule has 1 N–H and O–H groups in total. The van der Waals surface area contributed by atoms with Gasteiger partial charge in [-0.25, -0.2) is 14.8 Å². The van der Waals surface area contributed by atoms with Gasteiger partial charge in [0.25, 0.3) is 0 Å². The third-order valence-electron chi connectivity index (χ3n) is 2.81. The molecule has 0 spiro atoms. The first kappa shape index (κ1) is 15.6. The van der Waals surface area contributed by atoms with Crippen molar-refractivity contribution in [3.8, 4) is 0 Å². The van der Waals surface area contributed by atoms with E-state index in [1.54, 1.807) is 0 Å². The van der Waals surface area contributed by atoms with Crippen LogP contribution in [0.1, 0.15) is 62.6 Å². The first-order chi connectivity index (χ1) is 8.81. The fourth-order valence-corrected chi connectivity index (χ4v) is 1.89. The number of aryl methyl sites for hydroxylation is 1. The highest BCUT2D eigenvalue weighted by atomic mass is 16.5. The number of hydrogen-bond acceptors (Lipinski definition) is 4. The van der Waals surface area contributed by atoms with Gasteiger partial charge in [-0.2, -0.15) is 0 Å². The van der Waals surface area contributed by atoms with Gasteiger partial charge in [-0.05, 0) is 18.8 Å². The first-order valence-electron chi connectivity index (χ1n) is 6.51. The van der Waals surface area contributed by atoms with Crippen LogP contribution in [-0.2, 0) is 11.2 Å². The Morgan fingerprint density at radius 1 is 1.42 bits per heavy atom. The molecule has 1 unspecified atom stereocenters. The summed E-state index contributed by atoms with van der Waals surface area (Å²) in [5.74, 6) is -0.441. The Balaban J connectivity index is 3.22. The molecule has 1 heterocycles. The van der Waals surface area contributed by atoms with Gasteiger partial charge in [-0.1, -0.05) is 27.7 Å². The fourth-order valence-electron chi connectivity index (χ4n) is 1.89. The SMILES string of the molecule is CCOC(c1ncc(C(=O)O)c(CC)n1)C(C)(C)C. The van der Waals surface area contributed by atoms with Crippen LogP contribution >= 0.6 is 0 Å². The molecule has 0 aliphatic carbocycles. The Labute approximate surface area is 114 Å². The van der Waals surface area contributed by atoms with Gasteiger partial charge in [0, 0.05) is 12.8 Å². The highest BCUT2D eigenvalue weighted by molar-refractivity contribution is 5.88. The number of ether oxygens (including phenoxy) is 1. The molecule has 0 aliphatic heterocycles. The summed E-state index contributed by atoms with van der Waals surface area (Å²) in [4.78, 5) is 19.6. The normalized spacial score (nSPS) is 13.3. The monoisotopic (exact) mass is 266 g/mol. The van der Waals surface area contributed by atoms with E-state index in [0.29, 0.717) is 24.5 Å². The Hall–Kier alpha value is -1.49. The summed E-state index contributed by atoms with van der Waals surface area (Å²) >= 11 is 0. The van der Waals surface area contributed by atoms with Crippen LogP contribution < -0.4 is 0 Å². The van der Waals surface area contributed by atoms with Crippen molar-refractivity contribution >= 4 is 5.97 Å². The molecule has 0 saturated carbocycles. The molecular weight excluding hydrogens is 244 g/mol. The van der Waals surface area contributed by atoms with Crippen molar-refractivity contribution in [2.45, 2.75) is 47.1 Å². The van der Waals surface area contributed by atoms with Gasteiger partial charge in [-0.15, -0.1) is 0 Å². The Bertz CT molecular complexity index is 452. The molecule has 0 aliphatic rings. The third-order valence-corrected chi connectivity index (χ3v) is 2.81. The Morgan fingerprint density at radius 2 is 2.05 bits per heavy atom. The number of rotatable bonds is 5. The second-order valence-electron chi connectivity index (χ2n) is 5.45. The van der Waals surface area contributed by atoms with E-state index in [0.717, 1.165) is 0 Å². The van der Waals surface area contributed by atoms with Crippen molar-refractivity contribution in [1.82, 2.24) is 9.97 Å². The van der Waals surface area contributed by atoms with Gasteiger partial charge < -0.3 is 9.84 Å². The third kappa shape index (κ3) is 3.73. The van der Waals surface area contributed by atoms with Gasteiger partial charge in [-0.3, -0.25) is 0 Å². The molecule has 1 aromatic rings. The quantitative estimate of drug-likeness (QED) is 0.887.